The second kappa shape index (κ2) is 7.24. The molecular formula is C18H18Cl2N2O2. The van der Waals surface area contributed by atoms with Crippen molar-refractivity contribution in [2.75, 3.05) is 10.6 Å². The summed E-state index contributed by atoms with van der Waals surface area (Å²) in [5, 5.41) is 6.57. The highest BCUT2D eigenvalue weighted by Gasteiger charge is 2.36. The van der Waals surface area contributed by atoms with Gasteiger partial charge in [0.2, 0.25) is 11.8 Å². The molecule has 126 valence electrons. The Kier molecular flexibility index (Phi) is 5.52. The smallest absolute Gasteiger partial charge is 0.239 e. The van der Waals surface area contributed by atoms with Crippen molar-refractivity contribution < 1.29 is 9.59 Å². The number of hydrogen-bond acceptors (Lipinski definition) is 2. The first-order chi connectivity index (χ1) is 11.2. The topological polar surface area (TPSA) is 58.2 Å². The van der Waals surface area contributed by atoms with Gasteiger partial charge in [0.25, 0.3) is 0 Å². The van der Waals surface area contributed by atoms with Crippen LogP contribution in [0.2, 0.25) is 10.0 Å². The normalized spacial score (nSPS) is 11.0. The average molecular weight is 365 g/mol. The van der Waals surface area contributed by atoms with Crippen molar-refractivity contribution in [2.24, 2.45) is 5.41 Å². The van der Waals surface area contributed by atoms with Crippen molar-refractivity contribution in [2.45, 2.75) is 20.8 Å². The van der Waals surface area contributed by atoms with Gasteiger partial charge in [-0.25, -0.2) is 0 Å². The Hall–Kier alpha value is -2.04. The summed E-state index contributed by atoms with van der Waals surface area (Å²) in [6.07, 6.45) is 0. The van der Waals surface area contributed by atoms with E-state index in [9.17, 15) is 9.59 Å². The fourth-order valence-corrected chi connectivity index (χ4v) is 2.42. The van der Waals surface area contributed by atoms with Gasteiger partial charge in [-0.2, -0.15) is 0 Å². The van der Waals surface area contributed by atoms with Crippen LogP contribution in [0.4, 0.5) is 11.4 Å². The van der Waals surface area contributed by atoms with Crippen molar-refractivity contribution in [3.8, 4) is 0 Å². The second-order valence-corrected chi connectivity index (χ2v) is 6.88. The molecule has 0 saturated heterocycles. The van der Waals surface area contributed by atoms with E-state index in [1.807, 2.05) is 6.92 Å². The number of aryl methyl sites for hydroxylation is 1. The van der Waals surface area contributed by atoms with Crippen molar-refractivity contribution in [1.82, 2.24) is 0 Å². The van der Waals surface area contributed by atoms with Gasteiger partial charge >= 0.3 is 0 Å². The predicted octanol–water partition coefficient (Wildman–Crippen LogP) is 4.91. The average Bonchev–Trinajstić information content (AvgIpc) is 2.49. The third-order valence-corrected chi connectivity index (χ3v) is 4.12. The number of nitrogens with one attached hydrogen (secondary N) is 2. The molecule has 2 aromatic carbocycles. The molecule has 0 spiro atoms. The summed E-state index contributed by atoms with van der Waals surface area (Å²) in [7, 11) is 0. The van der Waals surface area contributed by atoms with Crippen LogP contribution in [-0.4, -0.2) is 11.8 Å². The first kappa shape index (κ1) is 18.3. The maximum absolute atomic E-state index is 12.5. The molecule has 0 aliphatic rings. The van der Waals surface area contributed by atoms with Crippen LogP contribution in [-0.2, 0) is 9.59 Å². The number of anilines is 2. The Morgan fingerprint density at radius 3 is 2.17 bits per heavy atom. The first-order valence-electron chi connectivity index (χ1n) is 7.35. The van der Waals surface area contributed by atoms with Crippen LogP contribution in [0.3, 0.4) is 0 Å². The predicted molar refractivity (Wildman–Crippen MR) is 98.7 cm³/mol. The standard InChI is InChI=1S/C18H18Cl2N2O2/c1-11-9-13(20)7-8-15(11)22-17(24)18(2,3)16(23)21-14-6-4-5-12(19)10-14/h4-10H,1-3H3,(H,21,23)(H,22,24). The van der Waals surface area contributed by atoms with Crippen LogP contribution in [0.1, 0.15) is 19.4 Å². The lowest BCUT2D eigenvalue weighted by atomic mass is 9.90. The Balaban J connectivity index is 2.12. The van der Waals surface area contributed by atoms with Gasteiger partial charge in [-0.3, -0.25) is 9.59 Å². The lowest BCUT2D eigenvalue weighted by Gasteiger charge is -2.23. The summed E-state index contributed by atoms with van der Waals surface area (Å²) in [4.78, 5) is 25.0. The molecule has 0 bridgehead atoms. The molecule has 0 heterocycles. The fraction of sp³-hybridized carbons (Fsp3) is 0.222. The summed E-state index contributed by atoms with van der Waals surface area (Å²) in [5.74, 6) is -0.832. The summed E-state index contributed by atoms with van der Waals surface area (Å²) < 4.78 is 0. The number of amides is 2. The molecule has 0 atom stereocenters. The van der Waals surface area contributed by atoms with Gasteiger partial charge in [-0.1, -0.05) is 29.3 Å². The molecule has 0 saturated carbocycles. The Morgan fingerprint density at radius 2 is 1.54 bits per heavy atom. The molecule has 0 radical (unpaired) electrons. The SMILES string of the molecule is Cc1cc(Cl)ccc1NC(=O)C(C)(C)C(=O)Nc1cccc(Cl)c1. The Bertz CT molecular complexity index is 788. The highest BCUT2D eigenvalue weighted by atomic mass is 35.5. The molecule has 0 aliphatic heterocycles. The molecule has 24 heavy (non-hydrogen) atoms. The van der Waals surface area contributed by atoms with Crippen LogP contribution >= 0.6 is 23.2 Å². The van der Waals surface area contributed by atoms with Crippen LogP contribution in [0.25, 0.3) is 0 Å². The van der Waals surface area contributed by atoms with Crippen molar-refractivity contribution in [1.29, 1.82) is 0 Å². The van der Waals surface area contributed by atoms with E-state index in [1.54, 1.807) is 56.3 Å². The molecule has 6 heteroatoms. The Labute approximate surface area is 151 Å². The third kappa shape index (κ3) is 4.28. The maximum Gasteiger partial charge on any atom is 0.239 e. The van der Waals surface area contributed by atoms with Gasteiger partial charge < -0.3 is 10.6 Å². The van der Waals surface area contributed by atoms with Crippen molar-refractivity contribution in [3.63, 3.8) is 0 Å². The minimum absolute atomic E-state index is 0.410. The van der Waals surface area contributed by atoms with Crippen molar-refractivity contribution in [3.05, 3.63) is 58.1 Å². The molecule has 0 aromatic heterocycles. The Morgan fingerprint density at radius 1 is 0.917 bits per heavy atom. The highest BCUT2D eigenvalue weighted by molar-refractivity contribution is 6.31. The molecule has 0 aliphatic carbocycles. The van der Waals surface area contributed by atoms with Gasteiger partial charge in [-0.15, -0.1) is 0 Å². The van der Waals surface area contributed by atoms with E-state index in [4.69, 9.17) is 23.2 Å². The molecule has 0 unspecified atom stereocenters. The minimum atomic E-state index is -1.27. The first-order valence-corrected chi connectivity index (χ1v) is 8.10. The third-order valence-electron chi connectivity index (χ3n) is 3.65. The molecule has 2 rings (SSSR count). The van der Waals surface area contributed by atoms with E-state index in [-0.39, 0.29) is 0 Å². The lowest BCUT2D eigenvalue weighted by molar-refractivity contribution is -0.135. The van der Waals surface area contributed by atoms with E-state index in [1.165, 1.54) is 0 Å². The molecule has 2 aromatic rings. The summed E-state index contributed by atoms with van der Waals surface area (Å²) >= 11 is 11.8. The summed E-state index contributed by atoms with van der Waals surface area (Å²) in [6.45, 7) is 4.96. The van der Waals surface area contributed by atoms with Gasteiger partial charge in [0, 0.05) is 21.4 Å². The van der Waals surface area contributed by atoms with Crippen molar-refractivity contribution >= 4 is 46.4 Å². The number of benzene rings is 2. The summed E-state index contributed by atoms with van der Waals surface area (Å²) in [6, 6.07) is 11.9. The van der Waals surface area contributed by atoms with Crippen LogP contribution in [0.5, 0.6) is 0 Å². The van der Waals surface area contributed by atoms with Crippen LogP contribution in [0, 0.1) is 12.3 Å². The highest BCUT2D eigenvalue weighted by Crippen LogP contribution is 2.25. The van der Waals surface area contributed by atoms with Gasteiger partial charge in [0.05, 0.1) is 0 Å². The van der Waals surface area contributed by atoms with Gasteiger partial charge in [0.15, 0.2) is 0 Å². The van der Waals surface area contributed by atoms with E-state index in [0.29, 0.717) is 21.4 Å². The number of carbonyl (C=O) groups is 2. The lowest BCUT2D eigenvalue weighted by Crippen LogP contribution is -2.41. The maximum atomic E-state index is 12.5. The van der Waals surface area contributed by atoms with Crippen LogP contribution in [0.15, 0.2) is 42.5 Å². The molecule has 0 fully saturated rings. The molecule has 2 amide bonds. The van der Waals surface area contributed by atoms with Gasteiger partial charge in [0.1, 0.15) is 5.41 Å². The van der Waals surface area contributed by atoms with E-state index >= 15 is 0 Å². The second-order valence-electron chi connectivity index (χ2n) is 6.00. The zero-order chi connectivity index (χ0) is 17.9. The van der Waals surface area contributed by atoms with E-state index in [0.717, 1.165) is 5.56 Å². The van der Waals surface area contributed by atoms with E-state index < -0.39 is 17.2 Å². The zero-order valence-corrected chi connectivity index (χ0v) is 15.1. The molecular weight excluding hydrogens is 347 g/mol. The largest absolute Gasteiger partial charge is 0.325 e. The van der Waals surface area contributed by atoms with Crippen LogP contribution < -0.4 is 10.6 Å². The van der Waals surface area contributed by atoms with Gasteiger partial charge in [-0.05, 0) is 62.7 Å². The minimum Gasteiger partial charge on any atom is -0.325 e. The quantitative estimate of drug-likeness (QED) is 0.757. The molecule has 2 N–H and O–H groups in total. The fourth-order valence-electron chi connectivity index (χ4n) is 2.00. The number of hydrogen-bond donors (Lipinski definition) is 2. The zero-order valence-electron chi connectivity index (χ0n) is 13.6. The number of rotatable bonds is 4. The summed E-state index contributed by atoms with van der Waals surface area (Å²) in [5.41, 5.74) is 0.708. The van der Waals surface area contributed by atoms with E-state index in [2.05, 4.69) is 10.6 Å². The number of carbonyl (C=O) groups excluding carboxylic acids is 2. The monoisotopic (exact) mass is 364 g/mol. The molecule has 4 nitrogen and oxygen atoms in total. The number of halogens is 2.